The quantitative estimate of drug-likeness (QED) is 0.574. The van der Waals surface area contributed by atoms with E-state index in [2.05, 4.69) is 4.98 Å². The van der Waals surface area contributed by atoms with Crippen LogP contribution in [0.3, 0.4) is 0 Å². The second-order valence-electron chi connectivity index (χ2n) is 3.16. The number of halogens is 2. The number of carbonyl (C=O) groups excluding carboxylic acids is 1. The Kier molecular flexibility index (Phi) is 2.72. The summed E-state index contributed by atoms with van der Waals surface area (Å²) in [5, 5.41) is 0. The van der Waals surface area contributed by atoms with Gasteiger partial charge in [-0.25, -0.2) is 9.37 Å². The van der Waals surface area contributed by atoms with Crippen molar-refractivity contribution in [3.05, 3.63) is 53.9 Å². The van der Waals surface area contributed by atoms with Crippen LogP contribution in [-0.2, 0) is 0 Å². The number of rotatable bonds is 2. The highest BCUT2D eigenvalue weighted by atomic mass is 19.1. The van der Waals surface area contributed by atoms with Crippen molar-refractivity contribution in [2.75, 3.05) is 0 Å². The Labute approximate surface area is 90.6 Å². The summed E-state index contributed by atoms with van der Waals surface area (Å²) in [6.07, 6.45) is 0.408. The molecular formula is C12H7F2NO. The molecule has 0 amide bonds. The molecule has 0 atom stereocenters. The molecule has 2 nitrogen and oxygen atoms in total. The lowest BCUT2D eigenvalue weighted by molar-refractivity contribution is 0.111. The SMILES string of the molecule is O=Cc1nc(F)ccc1-c1ccccc1F. The molecule has 1 aromatic carbocycles. The fraction of sp³-hybridized carbons (Fsp3) is 0. The molecule has 0 spiro atoms. The minimum atomic E-state index is -0.762. The monoisotopic (exact) mass is 219 g/mol. The minimum Gasteiger partial charge on any atom is -0.296 e. The lowest BCUT2D eigenvalue weighted by Gasteiger charge is -2.05. The van der Waals surface area contributed by atoms with Crippen LogP contribution in [-0.4, -0.2) is 11.3 Å². The minimum absolute atomic E-state index is 0.106. The molecule has 0 N–H and O–H groups in total. The third-order valence-electron chi connectivity index (χ3n) is 2.17. The standard InChI is InChI=1S/C12H7F2NO/c13-10-4-2-1-3-8(10)9-5-6-12(14)15-11(9)7-16/h1-7H. The zero-order valence-corrected chi connectivity index (χ0v) is 8.15. The smallest absolute Gasteiger partial charge is 0.213 e. The van der Waals surface area contributed by atoms with Crippen molar-refractivity contribution in [2.24, 2.45) is 0 Å². The molecule has 0 saturated heterocycles. The Morgan fingerprint density at radius 3 is 2.44 bits per heavy atom. The molecule has 1 heterocycles. The first kappa shape index (κ1) is 10.4. The van der Waals surface area contributed by atoms with Crippen molar-refractivity contribution >= 4 is 6.29 Å². The number of nitrogens with zero attached hydrogens (tertiary/aromatic N) is 1. The van der Waals surface area contributed by atoms with E-state index in [1.807, 2.05) is 0 Å². The van der Waals surface area contributed by atoms with E-state index in [4.69, 9.17) is 0 Å². The van der Waals surface area contributed by atoms with Crippen molar-refractivity contribution in [1.29, 1.82) is 0 Å². The van der Waals surface area contributed by atoms with E-state index in [0.29, 0.717) is 6.29 Å². The van der Waals surface area contributed by atoms with Gasteiger partial charge in [0.2, 0.25) is 5.95 Å². The maximum atomic E-state index is 13.5. The van der Waals surface area contributed by atoms with E-state index in [1.54, 1.807) is 6.07 Å². The first-order valence-corrected chi connectivity index (χ1v) is 4.59. The summed E-state index contributed by atoms with van der Waals surface area (Å²) >= 11 is 0. The molecule has 0 unspecified atom stereocenters. The van der Waals surface area contributed by atoms with Gasteiger partial charge in [0.05, 0.1) is 0 Å². The molecule has 1 aromatic heterocycles. The molecule has 0 radical (unpaired) electrons. The number of aromatic nitrogens is 1. The number of benzene rings is 1. The average Bonchev–Trinajstić information content (AvgIpc) is 2.30. The van der Waals surface area contributed by atoms with Crippen LogP contribution in [0.2, 0.25) is 0 Å². The topological polar surface area (TPSA) is 30.0 Å². The number of carbonyl (C=O) groups is 1. The summed E-state index contributed by atoms with van der Waals surface area (Å²) in [6.45, 7) is 0. The molecule has 0 aliphatic carbocycles. The number of hydrogen-bond acceptors (Lipinski definition) is 2. The molecule has 2 rings (SSSR count). The van der Waals surface area contributed by atoms with Gasteiger partial charge in [-0.1, -0.05) is 18.2 Å². The maximum Gasteiger partial charge on any atom is 0.213 e. The maximum absolute atomic E-state index is 13.5. The Morgan fingerprint density at radius 2 is 1.75 bits per heavy atom. The average molecular weight is 219 g/mol. The third-order valence-corrected chi connectivity index (χ3v) is 2.17. The predicted molar refractivity (Wildman–Crippen MR) is 55.0 cm³/mol. The Bertz CT molecular complexity index is 540. The van der Waals surface area contributed by atoms with Gasteiger partial charge in [0, 0.05) is 11.1 Å². The van der Waals surface area contributed by atoms with Crippen LogP contribution in [0, 0.1) is 11.8 Å². The van der Waals surface area contributed by atoms with Gasteiger partial charge in [-0.2, -0.15) is 4.39 Å². The van der Waals surface area contributed by atoms with Crippen molar-refractivity contribution in [2.45, 2.75) is 0 Å². The van der Waals surface area contributed by atoms with Gasteiger partial charge in [-0.05, 0) is 18.2 Å². The van der Waals surface area contributed by atoms with E-state index in [9.17, 15) is 13.6 Å². The van der Waals surface area contributed by atoms with E-state index in [1.165, 1.54) is 24.3 Å². The van der Waals surface area contributed by atoms with Gasteiger partial charge >= 0.3 is 0 Å². The summed E-state index contributed by atoms with van der Waals surface area (Å²) in [5.41, 5.74) is 0.414. The van der Waals surface area contributed by atoms with Crippen molar-refractivity contribution in [3.63, 3.8) is 0 Å². The highest BCUT2D eigenvalue weighted by Crippen LogP contribution is 2.24. The van der Waals surface area contributed by atoms with Gasteiger partial charge in [-0.3, -0.25) is 4.79 Å². The fourth-order valence-electron chi connectivity index (χ4n) is 1.45. The first-order valence-electron chi connectivity index (χ1n) is 4.59. The largest absolute Gasteiger partial charge is 0.296 e. The Morgan fingerprint density at radius 1 is 1.00 bits per heavy atom. The molecule has 0 aliphatic rings. The molecule has 2 aromatic rings. The van der Waals surface area contributed by atoms with Crippen molar-refractivity contribution < 1.29 is 13.6 Å². The molecule has 16 heavy (non-hydrogen) atoms. The summed E-state index contributed by atoms with van der Waals surface area (Å²) in [4.78, 5) is 14.1. The normalized spacial score (nSPS) is 10.1. The Hall–Kier alpha value is -2.10. The van der Waals surface area contributed by atoms with Crippen LogP contribution in [0.25, 0.3) is 11.1 Å². The van der Waals surface area contributed by atoms with E-state index < -0.39 is 11.8 Å². The highest BCUT2D eigenvalue weighted by molar-refractivity contribution is 5.85. The van der Waals surface area contributed by atoms with Crippen LogP contribution in [0.15, 0.2) is 36.4 Å². The van der Waals surface area contributed by atoms with Crippen LogP contribution in [0.5, 0.6) is 0 Å². The molecule has 0 fully saturated rings. The lowest BCUT2D eigenvalue weighted by atomic mass is 10.0. The van der Waals surface area contributed by atoms with Crippen molar-refractivity contribution in [1.82, 2.24) is 4.98 Å². The summed E-state index contributed by atoms with van der Waals surface area (Å²) in [5.74, 6) is -1.24. The molecule has 0 saturated carbocycles. The fourth-order valence-corrected chi connectivity index (χ4v) is 1.45. The van der Waals surface area contributed by atoms with Crippen LogP contribution in [0.1, 0.15) is 10.5 Å². The Balaban J connectivity index is 2.65. The van der Waals surface area contributed by atoms with Crippen molar-refractivity contribution in [3.8, 4) is 11.1 Å². The zero-order chi connectivity index (χ0) is 11.5. The number of aldehydes is 1. The predicted octanol–water partition coefficient (Wildman–Crippen LogP) is 2.84. The van der Waals surface area contributed by atoms with E-state index >= 15 is 0 Å². The van der Waals surface area contributed by atoms with E-state index in [0.717, 1.165) is 6.07 Å². The van der Waals surface area contributed by atoms with Gasteiger partial charge in [-0.15, -0.1) is 0 Å². The van der Waals surface area contributed by atoms with Gasteiger partial charge in [0.1, 0.15) is 11.5 Å². The molecule has 4 heteroatoms. The van der Waals surface area contributed by atoms with Gasteiger partial charge in [0.15, 0.2) is 6.29 Å². The van der Waals surface area contributed by atoms with Gasteiger partial charge in [0.25, 0.3) is 0 Å². The highest BCUT2D eigenvalue weighted by Gasteiger charge is 2.10. The van der Waals surface area contributed by atoms with Crippen LogP contribution in [0.4, 0.5) is 8.78 Å². The second kappa shape index (κ2) is 4.18. The van der Waals surface area contributed by atoms with Crippen LogP contribution >= 0.6 is 0 Å². The number of pyridine rings is 1. The van der Waals surface area contributed by atoms with Gasteiger partial charge < -0.3 is 0 Å². The summed E-state index contributed by atoms with van der Waals surface area (Å²) < 4.78 is 26.2. The lowest BCUT2D eigenvalue weighted by Crippen LogP contribution is -1.96. The first-order chi connectivity index (χ1) is 7.72. The molecule has 80 valence electrons. The third kappa shape index (κ3) is 1.82. The molecule has 0 aliphatic heterocycles. The van der Waals surface area contributed by atoms with Crippen LogP contribution < -0.4 is 0 Å². The summed E-state index contributed by atoms with van der Waals surface area (Å²) in [7, 11) is 0. The summed E-state index contributed by atoms with van der Waals surface area (Å²) in [6, 6.07) is 8.39. The number of hydrogen-bond donors (Lipinski definition) is 0. The molecular weight excluding hydrogens is 212 g/mol. The molecule has 0 bridgehead atoms. The van der Waals surface area contributed by atoms with E-state index in [-0.39, 0.29) is 16.8 Å². The zero-order valence-electron chi connectivity index (χ0n) is 8.15. The second-order valence-corrected chi connectivity index (χ2v) is 3.16.